The largest absolute Gasteiger partial charge is 0.466 e. The number of benzene rings is 1. The second-order valence-electron chi connectivity index (χ2n) is 5.47. The van der Waals surface area contributed by atoms with Crippen molar-refractivity contribution in [1.82, 2.24) is 20.0 Å². The normalized spacial score (nSPS) is 10.9. The molecule has 0 amide bonds. The second-order valence-corrected chi connectivity index (χ2v) is 5.47. The van der Waals surface area contributed by atoms with Crippen molar-refractivity contribution in [3.63, 3.8) is 0 Å². The fraction of sp³-hybridized carbons (Fsp3) is 0.111. The first kappa shape index (κ1) is 15.1. The van der Waals surface area contributed by atoms with Gasteiger partial charge in [0, 0.05) is 17.1 Å². The summed E-state index contributed by atoms with van der Waals surface area (Å²) in [4.78, 5) is 16.1. The molecule has 0 unspecified atom stereocenters. The van der Waals surface area contributed by atoms with Crippen LogP contribution in [0.5, 0.6) is 0 Å². The number of para-hydroxylation sites is 1. The molecule has 0 saturated heterocycles. The molecule has 4 rings (SSSR count). The van der Waals surface area contributed by atoms with Gasteiger partial charge in [-0.05, 0) is 18.2 Å². The van der Waals surface area contributed by atoms with E-state index >= 15 is 0 Å². The number of hydrogen-bond donors (Lipinski definition) is 0. The lowest BCUT2D eigenvalue weighted by Crippen LogP contribution is -2.07. The van der Waals surface area contributed by atoms with Crippen LogP contribution < -0.4 is 0 Å². The van der Waals surface area contributed by atoms with E-state index in [0.717, 1.165) is 16.5 Å². The molecule has 0 aliphatic rings. The van der Waals surface area contributed by atoms with Crippen molar-refractivity contribution in [2.24, 2.45) is 0 Å². The lowest BCUT2D eigenvalue weighted by atomic mass is 10.1. The van der Waals surface area contributed by atoms with Gasteiger partial charge in [0.05, 0.1) is 25.1 Å². The van der Waals surface area contributed by atoms with Gasteiger partial charge in [0.1, 0.15) is 23.6 Å². The van der Waals surface area contributed by atoms with Crippen molar-refractivity contribution in [2.45, 2.75) is 6.54 Å². The van der Waals surface area contributed by atoms with Gasteiger partial charge >= 0.3 is 5.97 Å². The molecule has 0 fully saturated rings. The molecular weight excluding hydrogens is 320 g/mol. The summed E-state index contributed by atoms with van der Waals surface area (Å²) in [5.74, 6) is 0.0303. The Labute approximate surface area is 142 Å². The molecule has 0 aliphatic heterocycles. The number of pyridine rings is 1. The number of esters is 1. The highest BCUT2D eigenvalue weighted by Crippen LogP contribution is 2.21. The number of aromatic nitrogens is 4. The fourth-order valence-electron chi connectivity index (χ4n) is 2.62. The zero-order chi connectivity index (χ0) is 17.2. The molecule has 1 aromatic carbocycles. The topological polar surface area (TPSA) is 83.0 Å². The van der Waals surface area contributed by atoms with Gasteiger partial charge < -0.3 is 9.15 Å². The number of ether oxygens (including phenoxy) is 1. The number of fused-ring (bicyclic) bond motifs is 1. The molecule has 7 nitrogen and oxygen atoms in total. The molecule has 0 atom stereocenters. The van der Waals surface area contributed by atoms with Crippen LogP contribution in [0.25, 0.3) is 22.2 Å². The number of carbonyl (C=O) groups is 1. The van der Waals surface area contributed by atoms with Crippen LogP contribution in [0.15, 0.2) is 59.5 Å². The fourth-order valence-corrected chi connectivity index (χ4v) is 2.62. The van der Waals surface area contributed by atoms with E-state index in [0.29, 0.717) is 17.0 Å². The van der Waals surface area contributed by atoms with E-state index in [2.05, 4.69) is 15.3 Å². The predicted octanol–water partition coefficient (Wildman–Crippen LogP) is 2.92. The van der Waals surface area contributed by atoms with Crippen LogP contribution in [-0.2, 0) is 11.3 Å². The molecule has 0 N–H and O–H groups in total. The third-order valence-corrected chi connectivity index (χ3v) is 3.88. The monoisotopic (exact) mass is 334 g/mol. The molecule has 3 aromatic heterocycles. The summed E-state index contributed by atoms with van der Waals surface area (Å²) in [5.41, 5.74) is 2.88. The Hall–Kier alpha value is -3.48. The third kappa shape index (κ3) is 2.87. The summed E-state index contributed by atoms with van der Waals surface area (Å²) in [6.45, 7) is 0.283. The highest BCUT2D eigenvalue weighted by atomic mass is 16.5. The van der Waals surface area contributed by atoms with Crippen molar-refractivity contribution in [2.75, 3.05) is 7.11 Å². The van der Waals surface area contributed by atoms with E-state index in [1.165, 1.54) is 13.4 Å². The second kappa shape index (κ2) is 6.20. The van der Waals surface area contributed by atoms with Crippen LogP contribution in [0.1, 0.15) is 16.1 Å². The van der Waals surface area contributed by atoms with Gasteiger partial charge in [-0.15, -0.1) is 5.10 Å². The van der Waals surface area contributed by atoms with Crippen molar-refractivity contribution >= 4 is 16.9 Å². The van der Waals surface area contributed by atoms with Crippen molar-refractivity contribution in [3.05, 3.63) is 66.4 Å². The van der Waals surface area contributed by atoms with Crippen LogP contribution in [0.3, 0.4) is 0 Å². The maximum atomic E-state index is 11.7. The molecular formula is C18H14N4O3. The SMILES string of the molecule is COC(=O)c1ccoc1Cn1cc(-c2cnc3ccccc3c2)nn1. The Bertz CT molecular complexity index is 1050. The quantitative estimate of drug-likeness (QED) is 0.534. The van der Waals surface area contributed by atoms with Gasteiger partial charge in [-0.2, -0.15) is 0 Å². The highest BCUT2D eigenvalue weighted by Gasteiger charge is 2.16. The average Bonchev–Trinajstić information content (AvgIpc) is 3.31. The van der Waals surface area contributed by atoms with Gasteiger partial charge in [0.2, 0.25) is 0 Å². The lowest BCUT2D eigenvalue weighted by Gasteiger charge is -2.01. The van der Waals surface area contributed by atoms with Crippen molar-refractivity contribution < 1.29 is 13.9 Å². The van der Waals surface area contributed by atoms with Crippen LogP contribution in [0.4, 0.5) is 0 Å². The Morgan fingerprint density at radius 3 is 3.04 bits per heavy atom. The zero-order valence-electron chi connectivity index (χ0n) is 13.4. The van der Waals surface area contributed by atoms with Gasteiger partial charge in [-0.1, -0.05) is 23.4 Å². The van der Waals surface area contributed by atoms with E-state index in [9.17, 15) is 4.79 Å². The number of hydrogen-bond acceptors (Lipinski definition) is 6. The Morgan fingerprint density at radius 1 is 1.28 bits per heavy atom. The Balaban J connectivity index is 1.61. The summed E-state index contributed by atoms with van der Waals surface area (Å²) in [5, 5.41) is 9.32. The number of nitrogens with zero attached hydrogens (tertiary/aromatic N) is 4. The molecule has 25 heavy (non-hydrogen) atoms. The molecule has 0 aliphatic carbocycles. The van der Waals surface area contributed by atoms with Gasteiger partial charge in [-0.3, -0.25) is 4.98 Å². The van der Waals surface area contributed by atoms with Gasteiger partial charge in [0.15, 0.2) is 0 Å². The van der Waals surface area contributed by atoms with Gasteiger partial charge in [0.25, 0.3) is 0 Å². The Kier molecular flexibility index (Phi) is 3.74. The number of furan rings is 1. The van der Waals surface area contributed by atoms with E-state index in [-0.39, 0.29) is 6.54 Å². The lowest BCUT2D eigenvalue weighted by molar-refractivity contribution is 0.0598. The standard InChI is InChI=1S/C18H14N4O3/c1-24-18(23)14-6-7-25-17(14)11-22-10-16(20-21-22)13-8-12-4-2-3-5-15(12)19-9-13/h2-10H,11H2,1H3. The number of carbonyl (C=O) groups excluding carboxylic acids is 1. The molecule has 124 valence electrons. The number of rotatable bonds is 4. The summed E-state index contributed by atoms with van der Waals surface area (Å²) < 4.78 is 11.7. The van der Waals surface area contributed by atoms with Gasteiger partial charge in [-0.25, -0.2) is 9.48 Å². The molecule has 7 heteroatoms. The average molecular weight is 334 g/mol. The van der Waals surface area contributed by atoms with Crippen LogP contribution in [0, 0.1) is 0 Å². The minimum absolute atomic E-state index is 0.283. The first-order valence-corrected chi connectivity index (χ1v) is 7.64. The smallest absolute Gasteiger partial charge is 0.341 e. The van der Waals surface area contributed by atoms with E-state index in [1.807, 2.05) is 30.3 Å². The minimum atomic E-state index is -0.442. The predicted molar refractivity (Wildman–Crippen MR) is 89.9 cm³/mol. The van der Waals surface area contributed by atoms with Crippen LogP contribution in [0.2, 0.25) is 0 Å². The van der Waals surface area contributed by atoms with E-state index in [4.69, 9.17) is 9.15 Å². The third-order valence-electron chi connectivity index (χ3n) is 3.88. The molecule has 0 radical (unpaired) electrons. The van der Waals surface area contributed by atoms with Crippen molar-refractivity contribution in [1.29, 1.82) is 0 Å². The summed E-state index contributed by atoms with van der Waals surface area (Å²) in [6, 6.07) is 11.5. The van der Waals surface area contributed by atoms with E-state index < -0.39 is 5.97 Å². The Morgan fingerprint density at radius 2 is 2.16 bits per heavy atom. The van der Waals surface area contributed by atoms with Crippen molar-refractivity contribution in [3.8, 4) is 11.3 Å². The summed E-state index contributed by atoms with van der Waals surface area (Å²) in [7, 11) is 1.33. The highest BCUT2D eigenvalue weighted by molar-refractivity contribution is 5.90. The first-order valence-electron chi connectivity index (χ1n) is 7.64. The van der Waals surface area contributed by atoms with Crippen LogP contribution >= 0.6 is 0 Å². The van der Waals surface area contributed by atoms with Crippen LogP contribution in [-0.4, -0.2) is 33.1 Å². The molecule has 0 saturated carbocycles. The van der Waals surface area contributed by atoms with E-state index in [1.54, 1.807) is 23.1 Å². The maximum Gasteiger partial charge on any atom is 0.341 e. The molecule has 3 heterocycles. The zero-order valence-corrected chi connectivity index (χ0v) is 13.4. The molecule has 0 spiro atoms. The first-order chi connectivity index (χ1) is 12.2. The summed E-state index contributed by atoms with van der Waals surface area (Å²) in [6.07, 6.45) is 5.01. The number of methoxy groups -OCH3 is 1. The summed E-state index contributed by atoms with van der Waals surface area (Å²) >= 11 is 0. The maximum absolute atomic E-state index is 11.7. The molecule has 4 aromatic rings. The molecule has 0 bridgehead atoms. The minimum Gasteiger partial charge on any atom is -0.466 e.